The van der Waals surface area contributed by atoms with Crippen LogP contribution >= 0.6 is 0 Å². The highest BCUT2D eigenvalue weighted by Gasteiger charge is 2.14. The predicted octanol–water partition coefficient (Wildman–Crippen LogP) is 5.56. The minimum Gasteiger partial charge on any atom is -0.504 e. The standard InChI is InChI=1S/C22H21FO/c1-24-16-19-6-4-17(5-7-19)2-3-18-8-10-20(11-9-18)21-12-14-22(23)15-13-21/h8-17H,4-7H2,1H3. The fourth-order valence-electron chi connectivity index (χ4n) is 2.99. The van der Waals surface area contributed by atoms with Crippen LogP contribution in [-0.2, 0) is 4.74 Å². The molecule has 0 aliphatic heterocycles. The van der Waals surface area contributed by atoms with Gasteiger partial charge in [0.15, 0.2) is 0 Å². The third-order valence-corrected chi connectivity index (χ3v) is 4.40. The molecule has 1 fully saturated rings. The summed E-state index contributed by atoms with van der Waals surface area (Å²) in [6.07, 6.45) is 6.25. The Balaban J connectivity index is 1.63. The van der Waals surface area contributed by atoms with Gasteiger partial charge in [0.1, 0.15) is 5.82 Å². The second kappa shape index (κ2) is 7.84. The smallest absolute Gasteiger partial charge is 0.123 e. The quantitative estimate of drug-likeness (QED) is 0.519. The highest BCUT2D eigenvalue weighted by atomic mass is 19.1. The molecular formula is C22H21FO. The minimum atomic E-state index is -0.211. The number of allylic oxidation sites excluding steroid dienone is 1. The lowest BCUT2D eigenvalue weighted by Crippen LogP contribution is -2.06. The Morgan fingerprint density at radius 1 is 0.958 bits per heavy atom. The first kappa shape index (κ1) is 16.3. The fourth-order valence-corrected chi connectivity index (χ4v) is 2.99. The van der Waals surface area contributed by atoms with Gasteiger partial charge in [0.25, 0.3) is 0 Å². The van der Waals surface area contributed by atoms with E-state index >= 15 is 0 Å². The number of hydrogen-bond donors (Lipinski definition) is 0. The van der Waals surface area contributed by atoms with Crippen molar-refractivity contribution in [3.63, 3.8) is 0 Å². The number of methoxy groups -OCH3 is 1. The molecule has 24 heavy (non-hydrogen) atoms. The Morgan fingerprint density at radius 2 is 1.54 bits per heavy atom. The molecule has 0 aromatic heterocycles. The molecule has 2 heteroatoms. The average Bonchev–Trinajstić information content (AvgIpc) is 2.63. The van der Waals surface area contributed by atoms with Gasteiger partial charge in [-0.3, -0.25) is 0 Å². The van der Waals surface area contributed by atoms with E-state index in [1.165, 1.54) is 17.7 Å². The number of benzene rings is 2. The lowest BCUT2D eigenvalue weighted by Gasteiger charge is -2.18. The van der Waals surface area contributed by atoms with Gasteiger partial charge in [-0.05, 0) is 66.6 Å². The third-order valence-electron chi connectivity index (χ3n) is 4.40. The summed E-state index contributed by atoms with van der Waals surface area (Å²) >= 11 is 0. The molecule has 0 amide bonds. The third kappa shape index (κ3) is 4.26. The van der Waals surface area contributed by atoms with E-state index in [0.717, 1.165) is 42.4 Å². The van der Waals surface area contributed by atoms with Crippen molar-refractivity contribution in [3.05, 3.63) is 71.7 Å². The van der Waals surface area contributed by atoms with Crippen molar-refractivity contribution >= 4 is 0 Å². The molecular weight excluding hydrogens is 299 g/mol. The summed E-state index contributed by atoms with van der Waals surface area (Å²) in [4.78, 5) is 0. The van der Waals surface area contributed by atoms with Crippen molar-refractivity contribution in [2.75, 3.05) is 7.11 Å². The summed E-state index contributed by atoms with van der Waals surface area (Å²) in [6.45, 7) is 0. The summed E-state index contributed by atoms with van der Waals surface area (Å²) in [5.41, 5.74) is 4.51. The Morgan fingerprint density at radius 3 is 2.12 bits per heavy atom. The summed E-state index contributed by atoms with van der Waals surface area (Å²) in [5, 5.41) is 0. The Labute approximate surface area is 143 Å². The maximum absolute atomic E-state index is 13.0. The zero-order valence-electron chi connectivity index (χ0n) is 13.9. The van der Waals surface area contributed by atoms with E-state index in [-0.39, 0.29) is 5.82 Å². The number of rotatable bonds is 2. The van der Waals surface area contributed by atoms with Crippen molar-refractivity contribution in [2.24, 2.45) is 5.92 Å². The first-order chi connectivity index (χ1) is 11.7. The van der Waals surface area contributed by atoms with Crippen LogP contribution in [0.25, 0.3) is 11.1 Å². The summed E-state index contributed by atoms with van der Waals surface area (Å²) in [7, 11) is 1.70. The number of ether oxygens (including phenoxy) is 1. The molecule has 3 rings (SSSR count). The monoisotopic (exact) mass is 320 g/mol. The van der Waals surface area contributed by atoms with Gasteiger partial charge in [-0.2, -0.15) is 0 Å². The van der Waals surface area contributed by atoms with Crippen LogP contribution in [0.1, 0.15) is 31.2 Å². The van der Waals surface area contributed by atoms with Gasteiger partial charge in [-0.1, -0.05) is 36.1 Å². The molecule has 2 aromatic carbocycles. The largest absolute Gasteiger partial charge is 0.504 e. The van der Waals surface area contributed by atoms with Crippen molar-refractivity contribution in [1.29, 1.82) is 0 Å². The molecule has 1 aliphatic rings. The van der Waals surface area contributed by atoms with Gasteiger partial charge >= 0.3 is 0 Å². The van der Waals surface area contributed by atoms with Gasteiger partial charge in [-0.25, -0.2) is 4.39 Å². The molecule has 0 atom stereocenters. The fraction of sp³-hybridized carbons (Fsp3) is 0.273. The van der Waals surface area contributed by atoms with Gasteiger partial charge in [0.2, 0.25) is 0 Å². The summed E-state index contributed by atoms with van der Waals surface area (Å²) < 4.78 is 18.1. The van der Waals surface area contributed by atoms with Crippen LogP contribution < -0.4 is 0 Å². The molecule has 0 spiro atoms. The zero-order chi connectivity index (χ0) is 16.8. The lowest BCUT2D eigenvalue weighted by atomic mass is 9.86. The van der Waals surface area contributed by atoms with Gasteiger partial charge in [-0.15, -0.1) is 0 Å². The SMILES string of the molecule is COC=C1CCC(C#Cc2ccc(-c3ccc(F)cc3)cc2)CC1. The molecule has 1 aliphatic carbocycles. The van der Waals surface area contributed by atoms with Crippen LogP contribution in [0.3, 0.4) is 0 Å². The Hall–Kier alpha value is -2.53. The van der Waals surface area contributed by atoms with Crippen molar-refractivity contribution in [3.8, 4) is 23.0 Å². The molecule has 122 valence electrons. The van der Waals surface area contributed by atoms with Crippen molar-refractivity contribution in [2.45, 2.75) is 25.7 Å². The first-order valence-electron chi connectivity index (χ1n) is 8.33. The first-order valence-corrected chi connectivity index (χ1v) is 8.33. The summed E-state index contributed by atoms with van der Waals surface area (Å²) in [6, 6.07) is 14.7. The molecule has 1 saturated carbocycles. The van der Waals surface area contributed by atoms with Gasteiger partial charge in [0, 0.05) is 11.5 Å². The van der Waals surface area contributed by atoms with E-state index in [1.54, 1.807) is 19.2 Å². The maximum atomic E-state index is 13.0. The van der Waals surface area contributed by atoms with Crippen LogP contribution in [0.2, 0.25) is 0 Å². The van der Waals surface area contributed by atoms with Gasteiger partial charge in [0.05, 0.1) is 13.4 Å². The van der Waals surface area contributed by atoms with Gasteiger partial charge < -0.3 is 4.74 Å². The molecule has 0 bridgehead atoms. The molecule has 0 N–H and O–H groups in total. The van der Waals surface area contributed by atoms with Crippen LogP contribution in [0.4, 0.5) is 4.39 Å². The van der Waals surface area contributed by atoms with E-state index in [1.807, 2.05) is 30.5 Å². The zero-order valence-corrected chi connectivity index (χ0v) is 13.9. The van der Waals surface area contributed by atoms with E-state index < -0.39 is 0 Å². The molecule has 0 saturated heterocycles. The maximum Gasteiger partial charge on any atom is 0.123 e. The van der Waals surface area contributed by atoms with E-state index in [4.69, 9.17) is 4.74 Å². The second-order valence-electron chi connectivity index (χ2n) is 6.14. The molecule has 0 heterocycles. The van der Waals surface area contributed by atoms with E-state index in [0.29, 0.717) is 5.92 Å². The number of hydrogen-bond acceptors (Lipinski definition) is 1. The van der Waals surface area contributed by atoms with Crippen molar-refractivity contribution < 1.29 is 9.13 Å². The molecule has 1 nitrogen and oxygen atoms in total. The summed E-state index contributed by atoms with van der Waals surface area (Å²) in [5.74, 6) is 6.95. The predicted molar refractivity (Wildman–Crippen MR) is 95.8 cm³/mol. The Bertz CT molecular complexity index is 750. The normalized spacial score (nSPS) is 16.9. The highest BCUT2D eigenvalue weighted by Crippen LogP contribution is 2.27. The van der Waals surface area contributed by atoms with E-state index in [2.05, 4.69) is 11.8 Å². The molecule has 0 unspecified atom stereocenters. The second-order valence-corrected chi connectivity index (χ2v) is 6.14. The highest BCUT2D eigenvalue weighted by molar-refractivity contribution is 5.64. The van der Waals surface area contributed by atoms with Crippen LogP contribution in [0.15, 0.2) is 60.4 Å². The van der Waals surface area contributed by atoms with E-state index in [9.17, 15) is 4.39 Å². The topological polar surface area (TPSA) is 9.23 Å². The number of halogens is 1. The lowest BCUT2D eigenvalue weighted by molar-refractivity contribution is 0.325. The van der Waals surface area contributed by atoms with Crippen LogP contribution in [-0.4, -0.2) is 7.11 Å². The van der Waals surface area contributed by atoms with Crippen molar-refractivity contribution in [1.82, 2.24) is 0 Å². The molecule has 2 aromatic rings. The minimum absolute atomic E-state index is 0.211. The molecule has 0 radical (unpaired) electrons. The van der Waals surface area contributed by atoms with Crippen LogP contribution in [0, 0.1) is 23.6 Å². The Kier molecular flexibility index (Phi) is 5.33. The van der Waals surface area contributed by atoms with Crippen LogP contribution in [0.5, 0.6) is 0 Å². The average molecular weight is 320 g/mol.